The second-order valence-corrected chi connectivity index (χ2v) is 8.02. The molecule has 188 valence electrons. The number of ether oxygens (including phenoxy) is 1. The third kappa shape index (κ3) is 5.19. The van der Waals surface area contributed by atoms with E-state index in [1.807, 2.05) is 0 Å². The average Bonchev–Trinajstić information content (AvgIpc) is 3.25. The number of fused-ring (bicyclic) bond motifs is 1. The topological polar surface area (TPSA) is 87.9 Å². The largest absolute Gasteiger partial charge is 0.502 e. The number of imidazole rings is 1. The van der Waals surface area contributed by atoms with E-state index in [4.69, 9.17) is 4.74 Å². The summed E-state index contributed by atoms with van der Waals surface area (Å²) in [4.78, 5) is 16.4. The highest BCUT2D eigenvalue weighted by atomic mass is 19.4. The standard InChI is InChI=1S/C25H22F4N4O3/c1-14-10-15(6-7-17(14)24(35)30-2)20-12-32-23-19(31-9-8-25(27,28)29)11-16(13-33(20)23)36-21-5-3-4-18(26)22(21)34/h3-7,10-13,31,34H,8-9H2,1-2H3,(H,30,35). The smallest absolute Gasteiger partial charge is 0.390 e. The molecule has 0 spiro atoms. The van der Waals surface area contributed by atoms with Gasteiger partial charge in [0.15, 0.2) is 23.0 Å². The van der Waals surface area contributed by atoms with Crippen LogP contribution >= 0.6 is 0 Å². The van der Waals surface area contributed by atoms with Crippen LogP contribution in [-0.4, -0.2) is 40.2 Å². The summed E-state index contributed by atoms with van der Waals surface area (Å²) in [5.74, 6) is -1.86. The van der Waals surface area contributed by atoms with Gasteiger partial charge in [-0.05, 0) is 36.8 Å². The Bertz CT molecular complexity index is 1430. The molecule has 11 heteroatoms. The van der Waals surface area contributed by atoms with E-state index in [0.29, 0.717) is 28.0 Å². The molecule has 4 aromatic rings. The van der Waals surface area contributed by atoms with Crippen molar-refractivity contribution >= 4 is 17.2 Å². The molecule has 0 unspecified atom stereocenters. The zero-order valence-corrected chi connectivity index (χ0v) is 19.3. The first-order valence-corrected chi connectivity index (χ1v) is 10.9. The summed E-state index contributed by atoms with van der Waals surface area (Å²) in [7, 11) is 1.53. The van der Waals surface area contributed by atoms with Gasteiger partial charge in [-0.15, -0.1) is 0 Å². The molecule has 0 radical (unpaired) electrons. The van der Waals surface area contributed by atoms with Crippen LogP contribution in [0.3, 0.4) is 0 Å². The van der Waals surface area contributed by atoms with Crippen molar-refractivity contribution in [3.63, 3.8) is 0 Å². The predicted molar refractivity (Wildman–Crippen MR) is 126 cm³/mol. The van der Waals surface area contributed by atoms with E-state index in [1.54, 1.807) is 35.7 Å². The SMILES string of the molecule is CNC(=O)c1ccc(-c2cnc3c(NCCC(F)(F)F)cc(Oc4cccc(F)c4O)cn23)cc1C. The van der Waals surface area contributed by atoms with Crippen molar-refractivity contribution in [3.8, 4) is 28.5 Å². The van der Waals surface area contributed by atoms with Crippen LogP contribution in [0, 0.1) is 12.7 Å². The third-order valence-corrected chi connectivity index (χ3v) is 5.48. The molecular formula is C25H22F4N4O3. The molecule has 0 saturated heterocycles. The Hall–Kier alpha value is -4.28. The Balaban J connectivity index is 1.79. The number of carbonyl (C=O) groups excluding carboxylic acids is 1. The predicted octanol–water partition coefficient (Wildman–Crippen LogP) is 5.67. The minimum absolute atomic E-state index is 0.121. The molecule has 0 aliphatic rings. The summed E-state index contributed by atoms with van der Waals surface area (Å²) >= 11 is 0. The van der Waals surface area contributed by atoms with E-state index < -0.39 is 30.7 Å². The van der Waals surface area contributed by atoms with Gasteiger partial charge < -0.3 is 20.5 Å². The van der Waals surface area contributed by atoms with Gasteiger partial charge in [0.05, 0.1) is 30.2 Å². The molecule has 0 aliphatic heterocycles. The van der Waals surface area contributed by atoms with Gasteiger partial charge in [-0.25, -0.2) is 9.37 Å². The van der Waals surface area contributed by atoms with Crippen LogP contribution in [-0.2, 0) is 0 Å². The zero-order chi connectivity index (χ0) is 26.0. The maximum Gasteiger partial charge on any atom is 0.390 e. The Labute approximate surface area is 203 Å². The van der Waals surface area contributed by atoms with Gasteiger partial charge in [-0.3, -0.25) is 9.20 Å². The number of pyridine rings is 1. The fourth-order valence-corrected chi connectivity index (χ4v) is 3.72. The normalized spacial score (nSPS) is 11.5. The van der Waals surface area contributed by atoms with Crippen molar-refractivity contribution in [1.29, 1.82) is 0 Å². The number of rotatable bonds is 7. The maximum atomic E-state index is 13.8. The van der Waals surface area contributed by atoms with Crippen LogP contribution in [0.2, 0.25) is 0 Å². The molecule has 0 saturated carbocycles. The van der Waals surface area contributed by atoms with E-state index in [-0.39, 0.29) is 23.1 Å². The van der Waals surface area contributed by atoms with E-state index in [0.717, 1.165) is 6.07 Å². The number of benzene rings is 2. The summed E-state index contributed by atoms with van der Waals surface area (Å²) in [6.45, 7) is 1.37. The lowest BCUT2D eigenvalue weighted by Gasteiger charge is -2.14. The number of aryl methyl sites for hydroxylation is 1. The van der Waals surface area contributed by atoms with Crippen LogP contribution in [0.4, 0.5) is 23.2 Å². The molecule has 2 aromatic heterocycles. The number of halogens is 4. The Morgan fingerprint density at radius 2 is 1.97 bits per heavy atom. The van der Waals surface area contributed by atoms with Crippen LogP contribution in [0.15, 0.2) is 54.9 Å². The first-order chi connectivity index (χ1) is 17.1. The van der Waals surface area contributed by atoms with Crippen molar-refractivity contribution in [2.24, 2.45) is 0 Å². The lowest BCUT2D eigenvalue weighted by atomic mass is 10.0. The van der Waals surface area contributed by atoms with Gasteiger partial charge in [0, 0.05) is 30.8 Å². The Morgan fingerprint density at radius 1 is 1.19 bits per heavy atom. The highest BCUT2D eigenvalue weighted by Crippen LogP contribution is 2.36. The first-order valence-electron chi connectivity index (χ1n) is 10.9. The molecule has 4 rings (SSSR count). The molecule has 1 amide bonds. The Morgan fingerprint density at radius 3 is 2.67 bits per heavy atom. The molecule has 36 heavy (non-hydrogen) atoms. The van der Waals surface area contributed by atoms with Crippen LogP contribution in [0.5, 0.6) is 17.2 Å². The Kier molecular flexibility index (Phi) is 6.73. The molecule has 7 nitrogen and oxygen atoms in total. The number of hydrogen-bond donors (Lipinski definition) is 3. The first kappa shape index (κ1) is 24.8. The molecule has 0 atom stereocenters. The number of nitrogens with zero attached hydrogens (tertiary/aromatic N) is 2. The third-order valence-electron chi connectivity index (χ3n) is 5.48. The molecular weight excluding hydrogens is 480 g/mol. The average molecular weight is 502 g/mol. The van der Waals surface area contributed by atoms with Crippen molar-refractivity contribution in [1.82, 2.24) is 14.7 Å². The molecule has 0 aliphatic carbocycles. The molecule has 0 bridgehead atoms. The van der Waals surface area contributed by atoms with Crippen LogP contribution in [0.25, 0.3) is 16.9 Å². The van der Waals surface area contributed by atoms with E-state index >= 15 is 0 Å². The maximum absolute atomic E-state index is 13.8. The van der Waals surface area contributed by atoms with Crippen LogP contribution in [0.1, 0.15) is 22.3 Å². The fourth-order valence-electron chi connectivity index (χ4n) is 3.72. The number of hydrogen-bond acceptors (Lipinski definition) is 5. The number of phenols is 1. The van der Waals surface area contributed by atoms with Crippen molar-refractivity contribution in [2.45, 2.75) is 19.5 Å². The molecule has 2 aromatic carbocycles. The molecule has 2 heterocycles. The molecule has 0 fully saturated rings. The fraction of sp³-hybridized carbons (Fsp3) is 0.200. The number of aromatic hydroxyl groups is 1. The van der Waals surface area contributed by atoms with E-state index in [9.17, 15) is 27.5 Å². The van der Waals surface area contributed by atoms with Crippen molar-refractivity contribution in [2.75, 3.05) is 18.9 Å². The summed E-state index contributed by atoms with van der Waals surface area (Å²) < 4.78 is 59.2. The van der Waals surface area contributed by atoms with Gasteiger partial charge in [0.1, 0.15) is 5.75 Å². The minimum Gasteiger partial charge on any atom is -0.502 e. The highest BCUT2D eigenvalue weighted by molar-refractivity contribution is 5.96. The van der Waals surface area contributed by atoms with Gasteiger partial charge in [0.2, 0.25) is 0 Å². The van der Waals surface area contributed by atoms with Gasteiger partial charge in [-0.1, -0.05) is 12.1 Å². The number of carbonyl (C=O) groups is 1. The minimum atomic E-state index is -4.35. The number of alkyl halides is 3. The number of nitrogens with one attached hydrogen (secondary N) is 2. The number of amides is 1. The lowest BCUT2D eigenvalue weighted by molar-refractivity contribution is -0.131. The number of para-hydroxylation sites is 1. The zero-order valence-electron chi connectivity index (χ0n) is 19.3. The van der Waals surface area contributed by atoms with Crippen molar-refractivity contribution in [3.05, 3.63) is 71.8 Å². The van der Waals surface area contributed by atoms with Gasteiger partial charge in [-0.2, -0.15) is 13.2 Å². The summed E-state index contributed by atoms with van der Waals surface area (Å²) in [5.41, 5.74) is 3.05. The number of aromatic nitrogens is 2. The number of phenolic OH excluding ortho intramolecular Hbond substituents is 1. The van der Waals surface area contributed by atoms with Crippen LogP contribution < -0.4 is 15.4 Å². The summed E-state index contributed by atoms with van der Waals surface area (Å²) in [5, 5.41) is 15.3. The molecule has 3 N–H and O–H groups in total. The lowest BCUT2D eigenvalue weighted by Crippen LogP contribution is -2.18. The second kappa shape index (κ2) is 9.76. The highest BCUT2D eigenvalue weighted by Gasteiger charge is 2.26. The van der Waals surface area contributed by atoms with Gasteiger partial charge in [0.25, 0.3) is 5.91 Å². The number of anilines is 1. The second-order valence-electron chi connectivity index (χ2n) is 8.02. The summed E-state index contributed by atoms with van der Waals surface area (Å²) in [6, 6.07) is 10.4. The quantitative estimate of drug-likeness (QED) is 0.284. The van der Waals surface area contributed by atoms with E-state index in [2.05, 4.69) is 15.6 Å². The van der Waals surface area contributed by atoms with Gasteiger partial charge >= 0.3 is 6.18 Å². The monoisotopic (exact) mass is 502 g/mol. The van der Waals surface area contributed by atoms with E-state index in [1.165, 1.54) is 31.4 Å². The van der Waals surface area contributed by atoms with Crippen molar-refractivity contribution < 1.29 is 32.2 Å². The summed E-state index contributed by atoms with van der Waals surface area (Å²) in [6.07, 6.45) is -2.35.